The molecular weight excluding hydrogens is 348 g/mol. The molecule has 0 radical (unpaired) electrons. The Bertz CT molecular complexity index is 827. The summed E-state index contributed by atoms with van der Waals surface area (Å²) >= 11 is 0. The van der Waals surface area contributed by atoms with E-state index in [4.69, 9.17) is 0 Å². The third-order valence-corrected chi connectivity index (χ3v) is 6.17. The number of anilines is 1. The van der Waals surface area contributed by atoms with E-state index >= 15 is 0 Å². The molecule has 5 nitrogen and oxygen atoms in total. The Morgan fingerprint density at radius 1 is 1.07 bits per heavy atom. The van der Waals surface area contributed by atoms with Gasteiger partial charge in [-0.25, -0.2) is 4.98 Å². The highest BCUT2D eigenvalue weighted by molar-refractivity contribution is 5.99. The van der Waals surface area contributed by atoms with E-state index in [0.717, 1.165) is 50.4 Å². The molecule has 0 spiro atoms. The number of nitrogens with zero attached hydrogens (tertiary/aromatic N) is 4. The van der Waals surface area contributed by atoms with Crippen molar-refractivity contribution >= 4 is 11.7 Å². The van der Waals surface area contributed by atoms with Crippen molar-refractivity contribution < 1.29 is 4.79 Å². The van der Waals surface area contributed by atoms with Crippen LogP contribution in [-0.4, -0.2) is 67.0 Å². The first-order valence-electron chi connectivity index (χ1n) is 10.3. The molecule has 5 heteroatoms. The van der Waals surface area contributed by atoms with Gasteiger partial charge in [0, 0.05) is 44.3 Å². The number of likely N-dealkylation sites (N-methyl/N-ethyl adjacent to an activating group) is 1. The van der Waals surface area contributed by atoms with Crippen LogP contribution in [0.4, 0.5) is 5.82 Å². The average molecular weight is 379 g/mol. The van der Waals surface area contributed by atoms with Gasteiger partial charge in [0.25, 0.3) is 5.91 Å². The molecule has 2 aliphatic rings. The Kier molecular flexibility index (Phi) is 5.36. The zero-order valence-corrected chi connectivity index (χ0v) is 17.1. The smallest absolute Gasteiger partial charge is 0.257 e. The van der Waals surface area contributed by atoms with Crippen molar-refractivity contribution in [3.8, 4) is 0 Å². The molecule has 28 heavy (non-hydrogen) atoms. The largest absolute Gasteiger partial charge is 0.354 e. The molecule has 1 aromatic carbocycles. The summed E-state index contributed by atoms with van der Waals surface area (Å²) in [5.41, 5.74) is 3.38. The highest BCUT2D eigenvalue weighted by Crippen LogP contribution is 2.34. The van der Waals surface area contributed by atoms with Crippen LogP contribution in [0.2, 0.25) is 0 Å². The van der Waals surface area contributed by atoms with E-state index in [2.05, 4.69) is 60.1 Å². The van der Waals surface area contributed by atoms with Crippen molar-refractivity contribution in [3.63, 3.8) is 0 Å². The number of aryl methyl sites for hydroxylation is 1. The standard InChI is InChI=1S/C23H30N4O/c1-17-8-10-18(11-9-17)20-15-27(16-21(20)25(2)3)22-19(7-6-12-24-22)23(28)26-13-4-5-14-26/h6-12,20-21H,4-5,13-16H2,1-3H3/t20-,21+/m0/s1. The molecule has 4 rings (SSSR count). The molecule has 0 unspecified atom stereocenters. The Labute approximate surface area is 168 Å². The maximum absolute atomic E-state index is 13.1. The lowest BCUT2D eigenvalue weighted by atomic mass is 9.93. The zero-order valence-electron chi connectivity index (χ0n) is 17.1. The molecule has 1 aromatic heterocycles. The van der Waals surface area contributed by atoms with E-state index < -0.39 is 0 Å². The molecule has 0 saturated carbocycles. The lowest BCUT2D eigenvalue weighted by Crippen LogP contribution is -2.35. The van der Waals surface area contributed by atoms with Crippen molar-refractivity contribution in [1.82, 2.24) is 14.8 Å². The molecular formula is C23H30N4O. The summed E-state index contributed by atoms with van der Waals surface area (Å²) in [4.78, 5) is 24.3. The number of carbonyl (C=O) groups is 1. The summed E-state index contributed by atoms with van der Waals surface area (Å²) in [6.45, 7) is 5.60. The van der Waals surface area contributed by atoms with Crippen LogP contribution in [0.5, 0.6) is 0 Å². The normalized spacial score (nSPS) is 22.3. The number of likely N-dealkylation sites (tertiary alicyclic amines) is 1. The van der Waals surface area contributed by atoms with Gasteiger partial charge in [-0.1, -0.05) is 29.8 Å². The molecule has 2 aliphatic heterocycles. The van der Waals surface area contributed by atoms with Crippen molar-refractivity contribution in [2.75, 3.05) is 45.2 Å². The van der Waals surface area contributed by atoms with E-state index in [1.807, 2.05) is 17.0 Å². The summed E-state index contributed by atoms with van der Waals surface area (Å²) in [7, 11) is 4.29. The van der Waals surface area contributed by atoms with Crippen LogP contribution in [0.1, 0.15) is 40.2 Å². The molecule has 2 atom stereocenters. The number of rotatable bonds is 4. The first kappa shape index (κ1) is 18.9. The number of hydrogen-bond acceptors (Lipinski definition) is 4. The lowest BCUT2D eigenvalue weighted by molar-refractivity contribution is 0.0793. The monoisotopic (exact) mass is 378 g/mol. The van der Waals surface area contributed by atoms with Gasteiger partial charge in [-0.15, -0.1) is 0 Å². The van der Waals surface area contributed by atoms with E-state index in [1.54, 1.807) is 6.20 Å². The fourth-order valence-corrected chi connectivity index (χ4v) is 4.53. The molecule has 148 valence electrons. The number of hydrogen-bond donors (Lipinski definition) is 0. The highest BCUT2D eigenvalue weighted by atomic mass is 16.2. The topological polar surface area (TPSA) is 39.7 Å². The second-order valence-corrected chi connectivity index (χ2v) is 8.33. The molecule has 0 aliphatic carbocycles. The van der Waals surface area contributed by atoms with Gasteiger partial charge < -0.3 is 14.7 Å². The van der Waals surface area contributed by atoms with Gasteiger partial charge in [0.2, 0.25) is 0 Å². The van der Waals surface area contributed by atoms with Gasteiger partial charge in [0.05, 0.1) is 5.56 Å². The third kappa shape index (κ3) is 3.63. The second kappa shape index (κ2) is 7.92. The minimum atomic E-state index is 0.126. The van der Waals surface area contributed by atoms with Crippen LogP contribution >= 0.6 is 0 Å². The molecule has 0 bridgehead atoms. The molecule has 2 fully saturated rings. The predicted octanol–water partition coefficient (Wildman–Crippen LogP) is 3.16. The van der Waals surface area contributed by atoms with Crippen LogP contribution < -0.4 is 4.90 Å². The van der Waals surface area contributed by atoms with E-state index in [0.29, 0.717) is 12.0 Å². The van der Waals surface area contributed by atoms with Crippen molar-refractivity contribution in [2.45, 2.75) is 31.7 Å². The second-order valence-electron chi connectivity index (χ2n) is 8.33. The van der Waals surface area contributed by atoms with Crippen LogP contribution in [-0.2, 0) is 0 Å². The van der Waals surface area contributed by atoms with Crippen molar-refractivity contribution in [2.24, 2.45) is 0 Å². The highest BCUT2D eigenvalue weighted by Gasteiger charge is 2.37. The van der Waals surface area contributed by atoms with E-state index in [1.165, 1.54) is 11.1 Å². The van der Waals surface area contributed by atoms with E-state index in [9.17, 15) is 4.79 Å². The SMILES string of the molecule is Cc1ccc([C@@H]2CN(c3ncccc3C(=O)N3CCCC3)C[C@H]2N(C)C)cc1. The molecule has 0 N–H and O–H groups in total. The maximum Gasteiger partial charge on any atom is 0.257 e. The predicted molar refractivity (Wildman–Crippen MR) is 113 cm³/mol. The fraction of sp³-hybridized carbons (Fsp3) is 0.478. The number of pyridine rings is 1. The quantitative estimate of drug-likeness (QED) is 0.819. The average Bonchev–Trinajstić information content (AvgIpc) is 3.38. The van der Waals surface area contributed by atoms with Gasteiger partial charge in [-0.3, -0.25) is 4.79 Å². The van der Waals surface area contributed by atoms with Crippen LogP contribution in [0.3, 0.4) is 0 Å². The summed E-state index contributed by atoms with van der Waals surface area (Å²) in [5.74, 6) is 1.36. The van der Waals surface area contributed by atoms with Gasteiger partial charge in [-0.2, -0.15) is 0 Å². The third-order valence-electron chi connectivity index (χ3n) is 6.17. The number of amides is 1. The Morgan fingerprint density at radius 2 is 1.79 bits per heavy atom. The first-order valence-corrected chi connectivity index (χ1v) is 10.3. The number of carbonyl (C=O) groups excluding carboxylic acids is 1. The van der Waals surface area contributed by atoms with Crippen LogP contribution in [0.25, 0.3) is 0 Å². The first-order chi connectivity index (χ1) is 13.5. The summed E-state index contributed by atoms with van der Waals surface area (Å²) in [6.07, 6.45) is 4.01. The van der Waals surface area contributed by atoms with Crippen molar-refractivity contribution in [1.29, 1.82) is 0 Å². The molecule has 2 aromatic rings. The minimum absolute atomic E-state index is 0.126. The van der Waals surface area contributed by atoms with Gasteiger partial charge in [0.1, 0.15) is 5.82 Å². The Balaban J connectivity index is 1.63. The summed E-state index contributed by atoms with van der Waals surface area (Å²) < 4.78 is 0. The lowest BCUT2D eigenvalue weighted by Gasteiger charge is -2.25. The fourth-order valence-electron chi connectivity index (χ4n) is 4.53. The number of aromatic nitrogens is 1. The van der Waals surface area contributed by atoms with Gasteiger partial charge in [-0.05, 0) is 51.6 Å². The zero-order chi connectivity index (χ0) is 19.7. The summed E-state index contributed by atoms with van der Waals surface area (Å²) in [6, 6.07) is 13.1. The minimum Gasteiger partial charge on any atom is -0.354 e. The van der Waals surface area contributed by atoms with E-state index in [-0.39, 0.29) is 5.91 Å². The molecule has 3 heterocycles. The molecule has 1 amide bonds. The molecule has 2 saturated heterocycles. The van der Waals surface area contributed by atoms with Crippen LogP contribution in [0, 0.1) is 6.92 Å². The Morgan fingerprint density at radius 3 is 2.46 bits per heavy atom. The maximum atomic E-state index is 13.1. The van der Waals surface area contributed by atoms with Gasteiger partial charge in [0.15, 0.2) is 0 Å². The van der Waals surface area contributed by atoms with Crippen molar-refractivity contribution in [3.05, 3.63) is 59.3 Å². The van der Waals surface area contributed by atoms with Crippen LogP contribution in [0.15, 0.2) is 42.6 Å². The summed E-state index contributed by atoms with van der Waals surface area (Å²) in [5, 5.41) is 0. The number of benzene rings is 1. The van der Waals surface area contributed by atoms with Gasteiger partial charge >= 0.3 is 0 Å². The Hall–Kier alpha value is -2.40.